The molecular weight excluding hydrogens is 440 g/mol. The number of nitrogens with one attached hydrogen (secondary N) is 2. The summed E-state index contributed by atoms with van der Waals surface area (Å²) in [6.45, 7) is 0.199. The van der Waals surface area contributed by atoms with Crippen LogP contribution in [0.5, 0.6) is 0 Å². The summed E-state index contributed by atoms with van der Waals surface area (Å²) in [4.78, 5) is 33.7. The monoisotopic (exact) mass is 462 g/mol. The number of hydrogen-bond donors (Lipinski definition) is 2. The molecule has 0 fully saturated rings. The molecule has 0 aliphatic carbocycles. The average Bonchev–Trinajstić information content (AvgIpc) is 2.83. The molecular formula is C24H22N4O4S. The fourth-order valence-electron chi connectivity index (χ4n) is 3.38. The summed E-state index contributed by atoms with van der Waals surface area (Å²) in [5.41, 5.74) is 1.29. The first-order valence-electron chi connectivity index (χ1n) is 10.2. The fourth-order valence-corrected chi connectivity index (χ4v) is 4.44. The van der Waals surface area contributed by atoms with Crippen LogP contribution in [0.3, 0.4) is 0 Å². The van der Waals surface area contributed by atoms with Gasteiger partial charge in [0.2, 0.25) is 10.0 Å². The van der Waals surface area contributed by atoms with E-state index < -0.39 is 15.9 Å². The molecule has 3 aromatic carbocycles. The summed E-state index contributed by atoms with van der Waals surface area (Å²) < 4.78 is 28.0. The number of H-pyrrole nitrogens is 1. The van der Waals surface area contributed by atoms with E-state index in [0.717, 1.165) is 5.56 Å². The molecule has 8 nitrogen and oxygen atoms in total. The molecule has 1 amide bonds. The first-order valence-corrected chi connectivity index (χ1v) is 11.7. The molecule has 0 unspecified atom stereocenters. The summed E-state index contributed by atoms with van der Waals surface area (Å²) in [6, 6.07) is 21.9. The van der Waals surface area contributed by atoms with Gasteiger partial charge in [0, 0.05) is 19.2 Å². The molecule has 33 heavy (non-hydrogen) atoms. The SMILES string of the molecule is CN(Cc1nc2ccccc2c(=O)[nH]1)C(=O)c1cccc(S(=O)(=O)NCc2ccccc2)c1. The van der Waals surface area contributed by atoms with Crippen molar-refractivity contribution in [2.24, 2.45) is 0 Å². The third-order valence-electron chi connectivity index (χ3n) is 5.10. The van der Waals surface area contributed by atoms with Crippen LogP contribution in [0.25, 0.3) is 10.9 Å². The van der Waals surface area contributed by atoms with Crippen LogP contribution in [0.2, 0.25) is 0 Å². The van der Waals surface area contributed by atoms with E-state index in [9.17, 15) is 18.0 Å². The highest BCUT2D eigenvalue weighted by Crippen LogP contribution is 2.15. The van der Waals surface area contributed by atoms with Gasteiger partial charge in [0.05, 0.1) is 22.3 Å². The van der Waals surface area contributed by atoms with Gasteiger partial charge in [-0.25, -0.2) is 18.1 Å². The summed E-state index contributed by atoms with van der Waals surface area (Å²) in [5, 5.41) is 0.469. The molecule has 168 valence electrons. The van der Waals surface area contributed by atoms with E-state index in [0.29, 0.717) is 16.7 Å². The van der Waals surface area contributed by atoms with Crippen molar-refractivity contribution in [3.05, 3.63) is 106 Å². The van der Waals surface area contributed by atoms with Crippen molar-refractivity contribution >= 4 is 26.8 Å². The number of para-hydroxylation sites is 1. The highest BCUT2D eigenvalue weighted by molar-refractivity contribution is 7.89. The number of aromatic amines is 1. The van der Waals surface area contributed by atoms with Crippen molar-refractivity contribution < 1.29 is 13.2 Å². The van der Waals surface area contributed by atoms with E-state index in [1.54, 1.807) is 37.4 Å². The zero-order chi connectivity index (χ0) is 23.4. The molecule has 0 radical (unpaired) electrons. The molecule has 4 aromatic rings. The lowest BCUT2D eigenvalue weighted by Gasteiger charge is -2.17. The Kier molecular flexibility index (Phi) is 6.34. The van der Waals surface area contributed by atoms with E-state index >= 15 is 0 Å². The average molecular weight is 463 g/mol. The number of nitrogens with zero attached hydrogens (tertiary/aromatic N) is 2. The second-order valence-corrected chi connectivity index (χ2v) is 9.30. The number of amides is 1. The Hall–Kier alpha value is -3.82. The zero-order valence-electron chi connectivity index (χ0n) is 17.9. The number of benzene rings is 3. The minimum absolute atomic E-state index is 0.00471. The van der Waals surface area contributed by atoms with Gasteiger partial charge in [-0.1, -0.05) is 48.5 Å². The third kappa shape index (κ3) is 5.16. The van der Waals surface area contributed by atoms with Crippen LogP contribution in [0, 0.1) is 0 Å². The molecule has 0 atom stereocenters. The molecule has 2 N–H and O–H groups in total. The van der Waals surface area contributed by atoms with E-state index in [1.165, 1.54) is 23.1 Å². The van der Waals surface area contributed by atoms with E-state index in [4.69, 9.17) is 0 Å². The van der Waals surface area contributed by atoms with Gasteiger partial charge in [0.1, 0.15) is 5.82 Å². The highest BCUT2D eigenvalue weighted by Gasteiger charge is 2.19. The Morgan fingerprint density at radius 1 is 1.00 bits per heavy atom. The van der Waals surface area contributed by atoms with Crippen LogP contribution in [-0.2, 0) is 23.1 Å². The van der Waals surface area contributed by atoms with Gasteiger partial charge in [0.15, 0.2) is 0 Å². The Balaban J connectivity index is 1.50. The van der Waals surface area contributed by atoms with Crippen molar-refractivity contribution in [3.8, 4) is 0 Å². The molecule has 0 aliphatic rings. The van der Waals surface area contributed by atoms with Gasteiger partial charge in [-0.3, -0.25) is 9.59 Å². The van der Waals surface area contributed by atoms with E-state index in [1.807, 2.05) is 30.3 Å². The quantitative estimate of drug-likeness (QED) is 0.439. The number of rotatable bonds is 7. The topological polar surface area (TPSA) is 112 Å². The van der Waals surface area contributed by atoms with Crippen molar-refractivity contribution in [3.63, 3.8) is 0 Å². The van der Waals surface area contributed by atoms with Gasteiger partial charge in [-0.2, -0.15) is 0 Å². The lowest BCUT2D eigenvalue weighted by Crippen LogP contribution is -2.29. The lowest BCUT2D eigenvalue weighted by atomic mass is 10.2. The van der Waals surface area contributed by atoms with Crippen LogP contribution in [-0.4, -0.2) is 36.2 Å². The standard InChI is InChI=1S/C24H22N4O4S/c1-28(16-22-26-21-13-6-5-12-20(21)23(29)27-22)24(30)18-10-7-11-19(14-18)33(31,32)25-15-17-8-3-2-4-9-17/h2-14,25H,15-16H2,1H3,(H,26,27,29). The van der Waals surface area contributed by atoms with Gasteiger partial charge < -0.3 is 9.88 Å². The van der Waals surface area contributed by atoms with E-state index in [2.05, 4.69) is 14.7 Å². The largest absolute Gasteiger partial charge is 0.334 e. The van der Waals surface area contributed by atoms with Crippen molar-refractivity contribution in [2.75, 3.05) is 7.05 Å². The number of hydrogen-bond acceptors (Lipinski definition) is 5. The zero-order valence-corrected chi connectivity index (χ0v) is 18.7. The predicted molar refractivity (Wildman–Crippen MR) is 125 cm³/mol. The van der Waals surface area contributed by atoms with Gasteiger partial charge in [-0.05, 0) is 35.9 Å². The summed E-state index contributed by atoms with van der Waals surface area (Å²) in [5.74, 6) is -0.0613. The second kappa shape index (κ2) is 9.35. The second-order valence-electron chi connectivity index (χ2n) is 7.53. The normalized spacial score (nSPS) is 11.4. The maximum Gasteiger partial charge on any atom is 0.258 e. The molecule has 0 saturated heterocycles. The summed E-state index contributed by atoms with van der Waals surface area (Å²) in [7, 11) is -2.25. The first kappa shape index (κ1) is 22.4. The van der Waals surface area contributed by atoms with Crippen molar-refractivity contribution in [1.82, 2.24) is 19.6 Å². The summed E-state index contributed by atoms with van der Waals surface area (Å²) >= 11 is 0. The molecule has 0 aliphatic heterocycles. The van der Waals surface area contributed by atoms with Crippen LogP contribution in [0.1, 0.15) is 21.7 Å². The number of carbonyl (C=O) groups is 1. The number of sulfonamides is 1. The summed E-state index contributed by atoms with van der Waals surface area (Å²) in [6.07, 6.45) is 0. The van der Waals surface area contributed by atoms with Crippen LogP contribution >= 0.6 is 0 Å². The Bertz CT molecular complexity index is 1470. The fraction of sp³-hybridized carbons (Fsp3) is 0.125. The maximum absolute atomic E-state index is 12.9. The first-order chi connectivity index (χ1) is 15.8. The Morgan fingerprint density at radius 3 is 2.52 bits per heavy atom. The van der Waals surface area contributed by atoms with Crippen molar-refractivity contribution in [1.29, 1.82) is 0 Å². The molecule has 0 spiro atoms. The Morgan fingerprint density at radius 2 is 1.73 bits per heavy atom. The van der Waals surface area contributed by atoms with Gasteiger partial charge >= 0.3 is 0 Å². The third-order valence-corrected chi connectivity index (χ3v) is 6.49. The molecule has 0 bridgehead atoms. The number of carbonyl (C=O) groups excluding carboxylic acids is 1. The van der Waals surface area contributed by atoms with Crippen LogP contribution in [0.4, 0.5) is 0 Å². The van der Waals surface area contributed by atoms with Gasteiger partial charge in [-0.15, -0.1) is 0 Å². The molecule has 0 saturated carbocycles. The van der Waals surface area contributed by atoms with Crippen molar-refractivity contribution in [2.45, 2.75) is 18.0 Å². The number of fused-ring (bicyclic) bond motifs is 1. The number of aromatic nitrogens is 2. The van der Waals surface area contributed by atoms with Crippen LogP contribution < -0.4 is 10.3 Å². The molecule has 1 heterocycles. The smallest absolute Gasteiger partial charge is 0.258 e. The minimum Gasteiger partial charge on any atom is -0.334 e. The molecule has 9 heteroatoms. The Labute approximate surface area is 191 Å². The molecule has 4 rings (SSSR count). The lowest BCUT2D eigenvalue weighted by molar-refractivity contribution is 0.0781. The van der Waals surface area contributed by atoms with Crippen LogP contribution in [0.15, 0.2) is 88.6 Å². The van der Waals surface area contributed by atoms with Gasteiger partial charge in [0.25, 0.3) is 11.5 Å². The predicted octanol–water partition coefficient (Wildman–Crippen LogP) is 2.67. The van der Waals surface area contributed by atoms with E-state index in [-0.39, 0.29) is 29.1 Å². The molecule has 1 aromatic heterocycles. The minimum atomic E-state index is -3.81. The highest BCUT2D eigenvalue weighted by atomic mass is 32.2. The maximum atomic E-state index is 12.9.